The molecule has 18 heavy (non-hydrogen) atoms. The predicted molar refractivity (Wildman–Crippen MR) is 70.0 cm³/mol. The average molecular weight is 408 g/mol. The van der Waals surface area contributed by atoms with E-state index in [1.54, 1.807) is 20.8 Å². The molecule has 0 atom stereocenters. The maximum absolute atomic E-state index is 9.47. The molecular formula is C14H21NO2Yb. The Morgan fingerprint density at radius 3 is 2.17 bits per heavy atom. The van der Waals surface area contributed by atoms with Crippen molar-refractivity contribution in [2.45, 2.75) is 32.9 Å². The van der Waals surface area contributed by atoms with Crippen molar-refractivity contribution in [1.82, 2.24) is 5.32 Å². The Morgan fingerprint density at radius 2 is 1.83 bits per heavy atom. The fraction of sp³-hybridized carbons (Fsp3) is 0.429. The predicted octanol–water partition coefficient (Wildman–Crippen LogP) is 2.48. The second-order valence-electron chi connectivity index (χ2n) is 4.46. The van der Waals surface area contributed by atoms with Gasteiger partial charge in [-0.15, -0.1) is 6.54 Å². The van der Waals surface area contributed by atoms with Crippen molar-refractivity contribution in [3.8, 4) is 0 Å². The number of hydrogen-bond donors (Lipinski definition) is 1. The molecule has 0 aliphatic heterocycles. The van der Waals surface area contributed by atoms with Crippen molar-refractivity contribution in [2.75, 3.05) is 6.54 Å². The summed E-state index contributed by atoms with van der Waals surface area (Å²) < 4.78 is 4.42. The summed E-state index contributed by atoms with van der Waals surface area (Å²) in [5.41, 5.74) is 0.938. The molecule has 0 heterocycles. The van der Waals surface area contributed by atoms with Crippen LogP contribution in [0, 0.1) is 53.8 Å². The van der Waals surface area contributed by atoms with E-state index in [-0.39, 0.29) is 52.5 Å². The van der Waals surface area contributed by atoms with Crippen LogP contribution >= 0.6 is 0 Å². The normalized spacial score (nSPS) is 9.56. The van der Waals surface area contributed by atoms with E-state index >= 15 is 0 Å². The molecule has 0 radical (unpaired) electrons. The van der Waals surface area contributed by atoms with E-state index in [1.165, 1.54) is 12.0 Å². The Morgan fingerprint density at radius 1 is 1.28 bits per heavy atom. The third-order valence-corrected chi connectivity index (χ3v) is 1.70. The molecule has 1 N–H and O–H groups in total. The van der Waals surface area contributed by atoms with Gasteiger partial charge in [0.25, 0.3) is 0 Å². The van der Waals surface area contributed by atoms with Gasteiger partial charge in [-0.25, -0.2) is 0 Å². The van der Waals surface area contributed by atoms with E-state index in [0.717, 1.165) is 13.1 Å². The Hall–Kier alpha value is 0.169. The molecule has 0 saturated heterocycles. The van der Waals surface area contributed by atoms with Crippen LogP contribution < -0.4 is 5.32 Å². The molecule has 1 rings (SSSR count). The summed E-state index contributed by atoms with van der Waals surface area (Å²) in [6.07, 6.45) is 0. The van der Waals surface area contributed by atoms with Crippen LogP contribution in [0.3, 0.4) is 0 Å². The van der Waals surface area contributed by atoms with Crippen LogP contribution in [0.15, 0.2) is 30.3 Å². The molecule has 0 spiro atoms. The Bertz CT molecular complexity index is 296. The summed E-state index contributed by atoms with van der Waals surface area (Å²) in [5.74, 6) is 0. The van der Waals surface area contributed by atoms with Crippen molar-refractivity contribution in [2.24, 2.45) is 0 Å². The van der Waals surface area contributed by atoms with Gasteiger partial charge in [0.05, 0.1) is 5.60 Å². The zero-order valence-corrected chi connectivity index (χ0v) is 12.8. The van der Waals surface area contributed by atoms with Crippen molar-refractivity contribution in [1.29, 1.82) is 0 Å². The molecular weight excluding hydrogens is 387 g/mol. The van der Waals surface area contributed by atoms with E-state index < -0.39 is 0 Å². The number of benzene rings is 1. The van der Waals surface area contributed by atoms with Gasteiger partial charge in [0, 0.05) is 6.54 Å². The molecule has 0 aromatic heterocycles. The smallest absolute Gasteiger partial charge is 0.649 e. The molecule has 0 aliphatic rings. The van der Waals surface area contributed by atoms with Gasteiger partial charge in [-0.3, -0.25) is 0 Å². The van der Waals surface area contributed by atoms with Gasteiger partial charge in [-0.1, -0.05) is 36.8 Å². The number of nitrogens with one attached hydrogen (secondary N) is 1. The van der Waals surface area contributed by atoms with Crippen molar-refractivity contribution >= 4 is 6.47 Å². The van der Waals surface area contributed by atoms with Gasteiger partial charge in [-0.2, -0.15) is 0 Å². The van der Waals surface area contributed by atoms with E-state index in [2.05, 4.69) is 29.1 Å². The molecule has 0 bridgehead atoms. The fourth-order valence-electron chi connectivity index (χ4n) is 0.954. The molecule has 0 saturated carbocycles. The van der Waals surface area contributed by atoms with Crippen LogP contribution in [0.2, 0.25) is 0 Å². The van der Waals surface area contributed by atoms with Crippen LogP contribution in [0.25, 0.3) is 0 Å². The Kier molecular flexibility index (Phi) is 13.9. The first-order chi connectivity index (χ1) is 7.99. The molecule has 108 valence electrons. The topological polar surface area (TPSA) is 38.3 Å². The van der Waals surface area contributed by atoms with Crippen molar-refractivity contribution in [3.05, 3.63) is 42.8 Å². The first-order valence-corrected chi connectivity index (χ1v) is 5.58. The largest absolute Gasteiger partial charge is 2.00 e. The molecule has 0 aliphatic carbocycles. The van der Waals surface area contributed by atoms with Gasteiger partial charge in [-0.05, 0) is 26.3 Å². The molecule has 4 heteroatoms. The third kappa shape index (κ3) is 14.2. The zero-order chi connectivity index (χ0) is 13.1. The van der Waals surface area contributed by atoms with E-state index in [1.807, 2.05) is 18.2 Å². The van der Waals surface area contributed by atoms with Gasteiger partial charge < -0.3 is 21.8 Å². The minimum absolute atomic E-state index is 0. The quantitative estimate of drug-likeness (QED) is 0.779. The molecule has 3 nitrogen and oxygen atoms in total. The summed E-state index contributed by atoms with van der Waals surface area (Å²) in [5, 5.41) is 3.15. The summed E-state index contributed by atoms with van der Waals surface area (Å²) in [6.45, 7) is 12.1. The van der Waals surface area contributed by atoms with Gasteiger partial charge in [0.1, 0.15) is 0 Å². The van der Waals surface area contributed by atoms with Crippen LogP contribution in [-0.2, 0) is 16.1 Å². The molecule has 1 aromatic carbocycles. The molecule has 0 fully saturated rings. The SMILES string of the molecule is CC(C)(C)O[C-]=O.[CH2-]CNCc1ccccc1.[Yb+2]. The van der Waals surface area contributed by atoms with Gasteiger partial charge in [0.2, 0.25) is 0 Å². The standard InChI is InChI=1S/C9H12N.C5H9O2.Yb/c1-2-10-8-9-6-4-3-5-7-9;1-5(2,3)7-4-6;/h3-7,10H,1-2,8H2;1-3H3;/q2*-1;+2. The van der Waals surface area contributed by atoms with Crippen LogP contribution in [0.1, 0.15) is 26.3 Å². The number of carbonyl (C=O) groups excluding carboxylic acids is 1. The third-order valence-electron chi connectivity index (χ3n) is 1.70. The number of ether oxygens (including phenoxy) is 1. The van der Waals surface area contributed by atoms with E-state index in [4.69, 9.17) is 0 Å². The van der Waals surface area contributed by atoms with Crippen molar-refractivity contribution in [3.63, 3.8) is 0 Å². The second-order valence-corrected chi connectivity index (χ2v) is 4.46. The van der Waals surface area contributed by atoms with Crippen molar-refractivity contribution < 1.29 is 56.5 Å². The zero-order valence-electron chi connectivity index (χ0n) is 11.1. The van der Waals surface area contributed by atoms with Crippen LogP contribution in [-0.4, -0.2) is 18.6 Å². The first-order valence-electron chi connectivity index (χ1n) is 5.58. The first kappa shape index (κ1) is 20.5. The number of rotatable bonds is 4. The summed E-state index contributed by atoms with van der Waals surface area (Å²) in [6, 6.07) is 10.3. The van der Waals surface area contributed by atoms with Crippen LogP contribution in [0.4, 0.5) is 0 Å². The minimum Gasteiger partial charge on any atom is -0.649 e. The Balaban J connectivity index is 0. The second kappa shape index (κ2) is 12.2. The maximum Gasteiger partial charge on any atom is 2.00 e. The Labute approximate surface area is 149 Å². The molecule has 0 unspecified atom stereocenters. The molecule has 0 amide bonds. The maximum atomic E-state index is 9.47. The van der Waals surface area contributed by atoms with E-state index in [9.17, 15) is 4.79 Å². The van der Waals surface area contributed by atoms with E-state index in [0.29, 0.717) is 0 Å². The monoisotopic (exact) mass is 409 g/mol. The minimum atomic E-state index is -0.373. The van der Waals surface area contributed by atoms with Gasteiger partial charge in [0.15, 0.2) is 0 Å². The fourth-order valence-corrected chi connectivity index (χ4v) is 0.954. The molecule has 1 aromatic rings. The average Bonchev–Trinajstić information content (AvgIpc) is 2.27. The number of hydrogen-bond acceptors (Lipinski definition) is 3. The van der Waals surface area contributed by atoms with Crippen LogP contribution in [0.5, 0.6) is 0 Å². The summed E-state index contributed by atoms with van der Waals surface area (Å²) in [4.78, 5) is 9.47. The van der Waals surface area contributed by atoms with Gasteiger partial charge >= 0.3 is 46.9 Å². The summed E-state index contributed by atoms with van der Waals surface area (Å²) in [7, 11) is 0. The summed E-state index contributed by atoms with van der Waals surface area (Å²) >= 11 is 0.